The molecule has 78 valence electrons. The topological polar surface area (TPSA) is 41.5 Å². The number of aliphatic hydroxyl groups excluding tert-OH is 1. The summed E-state index contributed by atoms with van der Waals surface area (Å²) in [5, 5.41) is 12.6. The maximum absolute atomic E-state index is 9.20. The summed E-state index contributed by atoms with van der Waals surface area (Å²) in [4.78, 5) is 0. The van der Waals surface area contributed by atoms with Gasteiger partial charge in [0, 0.05) is 19.3 Å². The lowest BCUT2D eigenvalue weighted by molar-refractivity contribution is 0.0997. The van der Waals surface area contributed by atoms with Crippen molar-refractivity contribution in [2.75, 3.05) is 26.9 Å². The number of rotatable bonds is 4. The van der Waals surface area contributed by atoms with Crippen LogP contribution in [0.1, 0.15) is 26.2 Å². The third-order valence-corrected chi connectivity index (χ3v) is 2.92. The van der Waals surface area contributed by atoms with Crippen LogP contribution < -0.4 is 5.32 Å². The van der Waals surface area contributed by atoms with Crippen molar-refractivity contribution in [3.05, 3.63) is 0 Å². The Morgan fingerprint density at radius 1 is 1.62 bits per heavy atom. The van der Waals surface area contributed by atoms with E-state index in [2.05, 4.69) is 12.2 Å². The molecule has 1 saturated heterocycles. The first kappa shape index (κ1) is 11.0. The van der Waals surface area contributed by atoms with Crippen LogP contribution in [0.2, 0.25) is 0 Å². The van der Waals surface area contributed by atoms with Gasteiger partial charge in [-0.15, -0.1) is 0 Å². The Kier molecular flexibility index (Phi) is 4.16. The average Bonchev–Trinajstić information content (AvgIpc) is 2.15. The molecule has 2 N–H and O–H groups in total. The molecule has 1 fully saturated rings. The average molecular weight is 187 g/mol. The third-order valence-electron chi connectivity index (χ3n) is 2.92. The van der Waals surface area contributed by atoms with E-state index in [0.29, 0.717) is 5.92 Å². The Labute approximate surface area is 80.5 Å². The van der Waals surface area contributed by atoms with Gasteiger partial charge in [0.25, 0.3) is 0 Å². The molecule has 3 nitrogen and oxygen atoms in total. The standard InChI is InChI=1S/C10H21NO2/c1-10(8-12)7-9(3-5-11-10)4-6-13-2/h9,11-12H,3-8H2,1-2H3. The first-order valence-corrected chi connectivity index (χ1v) is 5.05. The Balaban J connectivity index is 2.33. The highest BCUT2D eigenvalue weighted by atomic mass is 16.5. The summed E-state index contributed by atoms with van der Waals surface area (Å²) >= 11 is 0. The van der Waals surface area contributed by atoms with Crippen LogP contribution in [0.5, 0.6) is 0 Å². The van der Waals surface area contributed by atoms with Gasteiger partial charge < -0.3 is 15.2 Å². The van der Waals surface area contributed by atoms with E-state index in [0.717, 1.165) is 26.0 Å². The predicted molar refractivity (Wildman–Crippen MR) is 52.7 cm³/mol. The molecule has 1 aliphatic rings. The zero-order valence-electron chi connectivity index (χ0n) is 8.68. The first-order valence-electron chi connectivity index (χ1n) is 5.05. The van der Waals surface area contributed by atoms with Crippen molar-refractivity contribution in [3.63, 3.8) is 0 Å². The summed E-state index contributed by atoms with van der Waals surface area (Å²) in [7, 11) is 1.74. The fourth-order valence-corrected chi connectivity index (χ4v) is 2.04. The zero-order valence-corrected chi connectivity index (χ0v) is 8.68. The maximum Gasteiger partial charge on any atom is 0.0610 e. The van der Waals surface area contributed by atoms with Crippen LogP contribution in [0, 0.1) is 5.92 Å². The molecule has 0 aliphatic carbocycles. The summed E-state index contributed by atoms with van der Waals surface area (Å²) in [6.07, 6.45) is 3.39. The first-order chi connectivity index (χ1) is 6.20. The molecule has 2 atom stereocenters. The minimum absolute atomic E-state index is 0.0589. The lowest BCUT2D eigenvalue weighted by Crippen LogP contribution is -2.51. The van der Waals surface area contributed by atoms with Crippen molar-refractivity contribution in [1.29, 1.82) is 0 Å². The molecular weight excluding hydrogens is 166 g/mol. The van der Waals surface area contributed by atoms with Gasteiger partial charge in [-0.05, 0) is 38.6 Å². The molecule has 1 aliphatic heterocycles. The molecule has 1 heterocycles. The maximum atomic E-state index is 9.20. The molecule has 0 amide bonds. The highest BCUT2D eigenvalue weighted by Gasteiger charge is 2.30. The molecule has 0 radical (unpaired) electrons. The van der Waals surface area contributed by atoms with E-state index < -0.39 is 0 Å². The van der Waals surface area contributed by atoms with E-state index in [1.807, 2.05) is 0 Å². The van der Waals surface area contributed by atoms with Crippen molar-refractivity contribution in [2.24, 2.45) is 5.92 Å². The molecule has 0 spiro atoms. The van der Waals surface area contributed by atoms with Crippen LogP contribution in [-0.4, -0.2) is 37.5 Å². The fraction of sp³-hybridized carbons (Fsp3) is 1.00. The van der Waals surface area contributed by atoms with Gasteiger partial charge in [0.1, 0.15) is 0 Å². The summed E-state index contributed by atoms with van der Waals surface area (Å²) in [6, 6.07) is 0. The number of hydrogen-bond acceptors (Lipinski definition) is 3. The molecule has 0 aromatic carbocycles. The fourth-order valence-electron chi connectivity index (χ4n) is 2.04. The minimum atomic E-state index is -0.0589. The second-order valence-corrected chi connectivity index (χ2v) is 4.29. The van der Waals surface area contributed by atoms with Crippen LogP contribution in [0.3, 0.4) is 0 Å². The Morgan fingerprint density at radius 3 is 3.00 bits per heavy atom. The normalized spacial score (nSPS) is 34.8. The van der Waals surface area contributed by atoms with E-state index in [9.17, 15) is 5.11 Å². The lowest BCUT2D eigenvalue weighted by atomic mass is 9.82. The van der Waals surface area contributed by atoms with E-state index in [1.54, 1.807) is 7.11 Å². The van der Waals surface area contributed by atoms with E-state index in [-0.39, 0.29) is 12.1 Å². The van der Waals surface area contributed by atoms with E-state index >= 15 is 0 Å². The molecule has 2 unspecified atom stereocenters. The molecule has 1 rings (SSSR count). The molecule has 3 heteroatoms. The van der Waals surface area contributed by atoms with Gasteiger partial charge in [0.05, 0.1) is 6.61 Å². The van der Waals surface area contributed by atoms with Gasteiger partial charge >= 0.3 is 0 Å². The Hall–Kier alpha value is -0.120. The molecule has 0 bridgehead atoms. The highest BCUT2D eigenvalue weighted by Crippen LogP contribution is 2.26. The van der Waals surface area contributed by atoms with Gasteiger partial charge in [0.15, 0.2) is 0 Å². The number of piperidine rings is 1. The largest absolute Gasteiger partial charge is 0.394 e. The van der Waals surface area contributed by atoms with Gasteiger partial charge in [-0.2, -0.15) is 0 Å². The van der Waals surface area contributed by atoms with Crippen molar-refractivity contribution in [3.8, 4) is 0 Å². The van der Waals surface area contributed by atoms with Gasteiger partial charge in [-0.1, -0.05) is 0 Å². The van der Waals surface area contributed by atoms with Crippen molar-refractivity contribution in [1.82, 2.24) is 5.32 Å². The highest BCUT2D eigenvalue weighted by molar-refractivity contribution is 4.89. The van der Waals surface area contributed by atoms with E-state index in [4.69, 9.17) is 4.74 Å². The van der Waals surface area contributed by atoms with E-state index in [1.165, 1.54) is 6.42 Å². The van der Waals surface area contributed by atoms with Crippen LogP contribution in [-0.2, 0) is 4.74 Å². The molecule has 13 heavy (non-hydrogen) atoms. The molecule has 0 aromatic rings. The van der Waals surface area contributed by atoms with Gasteiger partial charge in [0.2, 0.25) is 0 Å². The molecule has 0 saturated carbocycles. The van der Waals surface area contributed by atoms with Crippen LogP contribution in [0.15, 0.2) is 0 Å². The number of ether oxygens (including phenoxy) is 1. The quantitative estimate of drug-likeness (QED) is 0.683. The number of methoxy groups -OCH3 is 1. The summed E-state index contributed by atoms with van der Waals surface area (Å²) in [5.41, 5.74) is -0.0589. The lowest BCUT2D eigenvalue weighted by Gasteiger charge is -2.38. The minimum Gasteiger partial charge on any atom is -0.394 e. The molecule has 0 aromatic heterocycles. The smallest absolute Gasteiger partial charge is 0.0610 e. The number of nitrogens with one attached hydrogen (secondary N) is 1. The molecular formula is C10H21NO2. The second kappa shape index (κ2) is 4.94. The number of aliphatic hydroxyl groups is 1. The summed E-state index contributed by atoms with van der Waals surface area (Å²) in [6.45, 7) is 4.18. The Morgan fingerprint density at radius 2 is 2.38 bits per heavy atom. The van der Waals surface area contributed by atoms with Crippen molar-refractivity contribution < 1.29 is 9.84 Å². The van der Waals surface area contributed by atoms with Crippen LogP contribution in [0.25, 0.3) is 0 Å². The monoisotopic (exact) mass is 187 g/mol. The SMILES string of the molecule is COCCC1CCNC(C)(CO)C1. The zero-order chi connectivity index (χ0) is 9.73. The van der Waals surface area contributed by atoms with Crippen molar-refractivity contribution >= 4 is 0 Å². The second-order valence-electron chi connectivity index (χ2n) is 4.29. The summed E-state index contributed by atoms with van der Waals surface area (Å²) in [5.74, 6) is 0.707. The van der Waals surface area contributed by atoms with Crippen LogP contribution in [0.4, 0.5) is 0 Å². The predicted octanol–water partition coefficient (Wildman–Crippen LogP) is 0.774. The number of hydrogen-bond donors (Lipinski definition) is 2. The Bertz CT molecular complexity index is 152. The van der Waals surface area contributed by atoms with Crippen LogP contribution >= 0.6 is 0 Å². The summed E-state index contributed by atoms with van der Waals surface area (Å²) < 4.78 is 5.06. The third kappa shape index (κ3) is 3.25. The van der Waals surface area contributed by atoms with Gasteiger partial charge in [-0.25, -0.2) is 0 Å². The van der Waals surface area contributed by atoms with Crippen molar-refractivity contribution in [2.45, 2.75) is 31.7 Å². The van der Waals surface area contributed by atoms with Gasteiger partial charge in [-0.3, -0.25) is 0 Å².